The molecular weight excluding hydrogens is 357 g/mol. The van der Waals surface area contributed by atoms with Gasteiger partial charge < -0.3 is 20.2 Å². The Kier molecular flexibility index (Phi) is 5.36. The Morgan fingerprint density at radius 1 is 1.26 bits per heavy atom. The summed E-state index contributed by atoms with van der Waals surface area (Å²) in [5.74, 6) is -0.792. The van der Waals surface area contributed by atoms with Gasteiger partial charge in [-0.15, -0.1) is 0 Å². The molecule has 2 aromatic carbocycles. The highest BCUT2D eigenvalue weighted by Crippen LogP contribution is 2.19. The van der Waals surface area contributed by atoms with Crippen molar-refractivity contribution in [2.75, 3.05) is 5.32 Å². The van der Waals surface area contributed by atoms with Crippen LogP contribution < -0.4 is 10.1 Å². The van der Waals surface area contributed by atoms with Gasteiger partial charge in [0.2, 0.25) is 12.2 Å². The van der Waals surface area contributed by atoms with Gasteiger partial charge in [-0.05, 0) is 34.8 Å². The molecule has 1 N–H and O–H groups in total. The standard InChI is InChI=1S/C17H14FN5O4/c18-13-6-4-12(5-7-13)10-27-15-3-1-2-14(8-15)20-16(24)9-22-11-19-17(21-22)23(25)26/h1-8,11H,9-10H2,(H,20,24). The molecule has 0 aliphatic heterocycles. The number of amides is 1. The van der Waals surface area contributed by atoms with Crippen molar-refractivity contribution < 1.29 is 18.8 Å². The molecule has 10 heteroatoms. The lowest BCUT2D eigenvalue weighted by Gasteiger charge is -2.09. The maximum atomic E-state index is 12.9. The summed E-state index contributed by atoms with van der Waals surface area (Å²) >= 11 is 0. The zero-order chi connectivity index (χ0) is 19.2. The van der Waals surface area contributed by atoms with Crippen LogP contribution >= 0.6 is 0 Å². The fourth-order valence-electron chi connectivity index (χ4n) is 2.20. The van der Waals surface area contributed by atoms with Crippen LogP contribution in [0.5, 0.6) is 5.75 Å². The Morgan fingerprint density at radius 2 is 2.04 bits per heavy atom. The van der Waals surface area contributed by atoms with E-state index in [4.69, 9.17) is 4.74 Å². The normalized spacial score (nSPS) is 10.4. The van der Waals surface area contributed by atoms with Crippen LogP contribution in [0, 0.1) is 15.9 Å². The van der Waals surface area contributed by atoms with E-state index in [1.807, 2.05) is 0 Å². The van der Waals surface area contributed by atoms with Gasteiger partial charge in [0.25, 0.3) is 0 Å². The van der Waals surface area contributed by atoms with Crippen molar-refractivity contribution in [1.29, 1.82) is 0 Å². The fourth-order valence-corrected chi connectivity index (χ4v) is 2.20. The number of halogens is 1. The number of anilines is 1. The van der Waals surface area contributed by atoms with Crippen LogP contribution in [0.2, 0.25) is 0 Å². The predicted molar refractivity (Wildman–Crippen MR) is 92.5 cm³/mol. The number of aromatic nitrogens is 3. The minimum Gasteiger partial charge on any atom is -0.489 e. The summed E-state index contributed by atoms with van der Waals surface area (Å²) in [6.07, 6.45) is 1.11. The van der Waals surface area contributed by atoms with Gasteiger partial charge in [-0.25, -0.2) is 4.39 Å². The summed E-state index contributed by atoms with van der Waals surface area (Å²) in [6, 6.07) is 12.7. The molecule has 0 atom stereocenters. The van der Waals surface area contributed by atoms with Crippen molar-refractivity contribution in [3.63, 3.8) is 0 Å². The summed E-state index contributed by atoms with van der Waals surface area (Å²) < 4.78 is 19.6. The average Bonchev–Trinajstić information content (AvgIpc) is 3.10. The Morgan fingerprint density at radius 3 is 2.74 bits per heavy atom. The lowest BCUT2D eigenvalue weighted by atomic mass is 10.2. The van der Waals surface area contributed by atoms with E-state index in [2.05, 4.69) is 15.4 Å². The van der Waals surface area contributed by atoms with E-state index in [1.165, 1.54) is 12.1 Å². The van der Waals surface area contributed by atoms with E-state index in [1.54, 1.807) is 36.4 Å². The third-order valence-electron chi connectivity index (χ3n) is 3.43. The number of nitrogens with zero attached hydrogens (tertiary/aromatic N) is 4. The van der Waals surface area contributed by atoms with E-state index in [9.17, 15) is 19.3 Å². The van der Waals surface area contributed by atoms with E-state index in [-0.39, 0.29) is 19.0 Å². The van der Waals surface area contributed by atoms with E-state index < -0.39 is 16.8 Å². The summed E-state index contributed by atoms with van der Waals surface area (Å²) in [4.78, 5) is 25.3. The number of carbonyl (C=O) groups excluding carboxylic acids is 1. The molecule has 0 spiro atoms. The first-order valence-corrected chi connectivity index (χ1v) is 7.80. The highest BCUT2D eigenvalue weighted by atomic mass is 19.1. The molecule has 0 fully saturated rings. The van der Waals surface area contributed by atoms with Crippen molar-refractivity contribution in [3.05, 3.63) is 76.4 Å². The smallest absolute Gasteiger partial charge is 0.489 e. The number of carbonyl (C=O) groups is 1. The lowest BCUT2D eigenvalue weighted by Crippen LogP contribution is -2.19. The number of hydrogen-bond acceptors (Lipinski definition) is 6. The zero-order valence-corrected chi connectivity index (χ0v) is 13.9. The average molecular weight is 371 g/mol. The van der Waals surface area contributed by atoms with Crippen molar-refractivity contribution in [2.24, 2.45) is 0 Å². The van der Waals surface area contributed by atoms with Crippen LogP contribution in [0.3, 0.4) is 0 Å². The van der Waals surface area contributed by atoms with Gasteiger partial charge in [-0.3, -0.25) is 4.79 Å². The monoisotopic (exact) mass is 371 g/mol. The van der Waals surface area contributed by atoms with Gasteiger partial charge in [0, 0.05) is 16.9 Å². The second-order valence-electron chi connectivity index (χ2n) is 5.49. The molecule has 1 amide bonds. The minimum absolute atomic E-state index is 0.221. The summed E-state index contributed by atoms with van der Waals surface area (Å²) in [7, 11) is 0. The summed E-state index contributed by atoms with van der Waals surface area (Å²) in [5, 5.41) is 16.8. The first kappa shape index (κ1) is 18.0. The predicted octanol–water partition coefficient (Wildman–Crippen LogP) is 2.54. The molecule has 3 rings (SSSR count). The molecule has 1 aromatic heterocycles. The molecule has 0 aliphatic rings. The second kappa shape index (κ2) is 8.04. The molecule has 138 valence electrons. The molecule has 9 nitrogen and oxygen atoms in total. The summed E-state index contributed by atoms with van der Waals surface area (Å²) in [5.41, 5.74) is 1.30. The molecule has 0 aliphatic carbocycles. The molecule has 3 aromatic rings. The fraction of sp³-hybridized carbons (Fsp3) is 0.118. The zero-order valence-electron chi connectivity index (χ0n) is 13.9. The van der Waals surface area contributed by atoms with Gasteiger partial charge in [-0.2, -0.15) is 4.68 Å². The van der Waals surface area contributed by atoms with Gasteiger partial charge in [0.05, 0.1) is 0 Å². The van der Waals surface area contributed by atoms with Crippen LogP contribution in [0.4, 0.5) is 16.0 Å². The van der Waals surface area contributed by atoms with Crippen molar-refractivity contribution in [2.45, 2.75) is 13.2 Å². The number of nitro groups is 1. The lowest BCUT2D eigenvalue weighted by molar-refractivity contribution is -0.394. The molecule has 0 saturated heterocycles. The van der Waals surface area contributed by atoms with Gasteiger partial charge >= 0.3 is 5.95 Å². The topological polar surface area (TPSA) is 112 Å². The van der Waals surface area contributed by atoms with Crippen molar-refractivity contribution >= 4 is 17.5 Å². The van der Waals surface area contributed by atoms with Crippen molar-refractivity contribution in [1.82, 2.24) is 14.8 Å². The number of benzene rings is 2. The maximum absolute atomic E-state index is 12.9. The minimum atomic E-state index is -0.740. The summed E-state index contributed by atoms with van der Waals surface area (Å²) in [6.45, 7) is 0.0296. The first-order valence-electron chi connectivity index (χ1n) is 7.80. The highest BCUT2D eigenvalue weighted by molar-refractivity contribution is 5.90. The molecule has 27 heavy (non-hydrogen) atoms. The third kappa shape index (κ3) is 5.08. The quantitative estimate of drug-likeness (QED) is 0.504. The Balaban J connectivity index is 1.56. The molecule has 1 heterocycles. The first-order chi connectivity index (χ1) is 13.0. The van der Waals surface area contributed by atoms with Crippen molar-refractivity contribution in [3.8, 4) is 5.75 Å². The SMILES string of the molecule is O=C(Cn1cnc([N+](=O)[O-])n1)Nc1cccc(OCc2ccc(F)cc2)c1. The Bertz CT molecular complexity index is 958. The maximum Gasteiger partial charge on any atom is 0.490 e. The largest absolute Gasteiger partial charge is 0.490 e. The van der Waals surface area contributed by atoms with Gasteiger partial charge in [-0.1, -0.05) is 23.2 Å². The Hall–Kier alpha value is -3.82. The van der Waals surface area contributed by atoms with Gasteiger partial charge in [0.1, 0.15) is 24.7 Å². The van der Waals surface area contributed by atoms with Crippen LogP contribution in [0.1, 0.15) is 5.56 Å². The molecule has 0 radical (unpaired) electrons. The molecule has 0 saturated carbocycles. The molecular formula is C17H14FN5O4. The number of ether oxygens (including phenoxy) is 1. The third-order valence-corrected chi connectivity index (χ3v) is 3.43. The van der Waals surface area contributed by atoms with E-state index >= 15 is 0 Å². The van der Waals surface area contributed by atoms with Crippen LogP contribution in [0.25, 0.3) is 0 Å². The second-order valence-corrected chi connectivity index (χ2v) is 5.49. The van der Waals surface area contributed by atoms with Crippen LogP contribution in [-0.4, -0.2) is 25.6 Å². The number of nitrogens with one attached hydrogen (secondary N) is 1. The number of rotatable bonds is 7. The van der Waals surface area contributed by atoms with Crippen LogP contribution in [0.15, 0.2) is 54.9 Å². The number of hydrogen-bond donors (Lipinski definition) is 1. The molecule has 0 bridgehead atoms. The van der Waals surface area contributed by atoms with E-state index in [0.29, 0.717) is 11.4 Å². The highest BCUT2D eigenvalue weighted by Gasteiger charge is 2.15. The van der Waals surface area contributed by atoms with Crippen LogP contribution in [-0.2, 0) is 17.9 Å². The molecule has 0 unspecified atom stereocenters. The Labute approximate surface area is 152 Å². The van der Waals surface area contributed by atoms with E-state index in [0.717, 1.165) is 16.6 Å². The van der Waals surface area contributed by atoms with Gasteiger partial charge in [0.15, 0.2) is 0 Å².